The Balaban J connectivity index is 1.63. The molecule has 0 radical (unpaired) electrons. The predicted molar refractivity (Wildman–Crippen MR) is 117 cm³/mol. The molecule has 1 saturated carbocycles. The SMILES string of the molecule is CC(C)(C)OC(=O)n1c(CNC(=O)C2(C)CC2)cc2ccc(CCc3ccon3)cc21. The fourth-order valence-corrected chi connectivity index (χ4v) is 3.55. The van der Waals surface area contributed by atoms with Crippen LogP contribution in [0.5, 0.6) is 0 Å². The molecule has 2 aromatic heterocycles. The van der Waals surface area contributed by atoms with Gasteiger partial charge in [-0.3, -0.25) is 4.79 Å². The largest absolute Gasteiger partial charge is 0.443 e. The van der Waals surface area contributed by atoms with Gasteiger partial charge >= 0.3 is 6.09 Å². The number of ether oxygens (including phenoxy) is 1. The monoisotopic (exact) mass is 423 g/mol. The van der Waals surface area contributed by atoms with Crippen LogP contribution in [0.25, 0.3) is 10.9 Å². The molecule has 0 saturated heterocycles. The number of hydrogen-bond donors (Lipinski definition) is 1. The summed E-state index contributed by atoms with van der Waals surface area (Å²) in [5, 5.41) is 7.88. The molecule has 164 valence electrons. The van der Waals surface area contributed by atoms with E-state index in [1.165, 1.54) is 0 Å². The zero-order chi connectivity index (χ0) is 22.2. The third-order valence-electron chi connectivity index (χ3n) is 5.66. The first-order valence-corrected chi connectivity index (χ1v) is 10.7. The molecule has 1 aliphatic carbocycles. The Hall–Kier alpha value is -3.09. The van der Waals surface area contributed by atoms with Crippen LogP contribution in [-0.2, 0) is 28.9 Å². The normalized spacial score (nSPS) is 15.1. The van der Waals surface area contributed by atoms with E-state index in [-0.39, 0.29) is 17.9 Å². The number of carbonyl (C=O) groups excluding carboxylic acids is 2. The van der Waals surface area contributed by atoms with Crippen LogP contribution in [0.1, 0.15) is 57.5 Å². The number of carbonyl (C=O) groups is 2. The zero-order valence-electron chi connectivity index (χ0n) is 18.5. The van der Waals surface area contributed by atoms with Crippen molar-refractivity contribution in [2.45, 2.75) is 65.5 Å². The molecular weight excluding hydrogens is 394 g/mol. The van der Waals surface area contributed by atoms with Gasteiger partial charge in [-0.25, -0.2) is 9.36 Å². The Morgan fingerprint density at radius 1 is 1.19 bits per heavy atom. The van der Waals surface area contributed by atoms with Crippen LogP contribution in [0.15, 0.2) is 41.1 Å². The second-order valence-corrected chi connectivity index (χ2v) is 9.58. The molecule has 31 heavy (non-hydrogen) atoms. The van der Waals surface area contributed by atoms with Gasteiger partial charge in [0.15, 0.2) is 0 Å². The van der Waals surface area contributed by atoms with E-state index in [1.54, 1.807) is 10.8 Å². The maximum Gasteiger partial charge on any atom is 0.419 e. The summed E-state index contributed by atoms with van der Waals surface area (Å²) < 4.78 is 12.1. The molecule has 7 nitrogen and oxygen atoms in total. The lowest BCUT2D eigenvalue weighted by Gasteiger charge is -2.21. The summed E-state index contributed by atoms with van der Waals surface area (Å²) in [5.41, 5.74) is 2.56. The Labute approximate surface area is 181 Å². The molecule has 1 N–H and O–H groups in total. The highest BCUT2D eigenvalue weighted by molar-refractivity contribution is 5.92. The average molecular weight is 424 g/mol. The van der Waals surface area contributed by atoms with Gasteiger partial charge in [-0.1, -0.05) is 24.2 Å². The Morgan fingerprint density at radius 3 is 2.61 bits per heavy atom. The van der Waals surface area contributed by atoms with Gasteiger partial charge in [-0.05, 0) is 64.2 Å². The van der Waals surface area contributed by atoms with Crippen molar-refractivity contribution in [3.05, 3.63) is 53.5 Å². The molecule has 1 aromatic carbocycles. The van der Waals surface area contributed by atoms with E-state index in [9.17, 15) is 9.59 Å². The van der Waals surface area contributed by atoms with Crippen molar-refractivity contribution < 1.29 is 18.8 Å². The van der Waals surface area contributed by atoms with Crippen LogP contribution in [-0.4, -0.2) is 27.3 Å². The van der Waals surface area contributed by atoms with Crippen LogP contribution < -0.4 is 5.32 Å². The highest BCUT2D eigenvalue weighted by Crippen LogP contribution is 2.45. The van der Waals surface area contributed by atoms with Crippen molar-refractivity contribution in [2.75, 3.05) is 0 Å². The smallest absolute Gasteiger partial charge is 0.419 e. The molecule has 0 unspecified atom stereocenters. The molecule has 1 fully saturated rings. The average Bonchev–Trinajstić information content (AvgIpc) is 3.12. The third-order valence-corrected chi connectivity index (χ3v) is 5.66. The van der Waals surface area contributed by atoms with Crippen LogP contribution in [0.3, 0.4) is 0 Å². The molecule has 1 amide bonds. The summed E-state index contributed by atoms with van der Waals surface area (Å²) in [6.07, 6.45) is 4.45. The van der Waals surface area contributed by atoms with Gasteiger partial charge in [0.1, 0.15) is 11.9 Å². The van der Waals surface area contributed by atoms with Crippen LogP contribution in [0.2, 0.25) is 0 Å². The molecule has 0 spiro atoms. The van der Waals surface area contributed by atoms with Gasteiger partial charge in [-0.15, -0.1) is 0 Å². The van der Waals surface area contributed by atoms with E-state index >= 15 is 0 Å². The van der Waals surface area contributed by atoms with Crippen molar-refractivity contribution in [3.8, 4) is 0 Å². The van der Waals surface area contributed by atoms with E-state index in [2.05, 4.69) is 16.5 Å². The van der Waals surface area contributed by atoms with Gasteiger partial charge in [0.05, 0.1) is 17.8 Å². The van der Waals surface area contributed by atoms with Crippen LogP contribution >= 0.6 is 0 Å². The first kappa shape index (κ1) is 21.2. The summed E-state index contributed by atoms with van der Waals surface area (Å²) in [5.74, 6) is 0.0294. The van der Waals surface area contributed by atoms with E-state index in [0.717, 1.165) is 47.8 Å². The van der Waals surface area contributed by atoms with Crippen molar-refractivity contribution in [3.63, 3.8) is 0 Å². The Bertz CT molecular complexity index is 1100. The predicted octanol–water partition coefficient (Wildman–Crippen LogP) is 4.61. The molecular formula is C24H29N3O4. The first-order chi connectivity index (χ1) is 14.6. The maximum absolute atomic E-state index is 13.1. The third kappa shape index (κ3) is 4.81. The minimum atomic E-state index is -0.625. The van der Waals surface area contributed by atoms with E-state index in [1.807, 2.05) is 52.0 Å². The molecule has 2 heterocycles. The summed E-state index contributed by atoms with van der Waals surface area (Å²) in [4.78, 5) is 25.5. The maximum atomic E-state index is 13.1. The molecule has 0 atom stereocenters. The second-order valence-electron chi connectivity index (χ2n) is 9.58. The van der Waals surface area contributed by atoms with E-state index < -0.39 is 11.7 Å². The summed E-state index contributed by atoms with van der Waals surface area (Å²) in [6, 6.07) is 9.85. The number of fused-ring (bicyclic) bond motifs is 1. The van der Waals surface area contributed by atoms with Gasteiger partial charge < -0.3 is 14.6 Å². The lowest BCUT2D eigenvalue weighted by atomic mass is 10.1. The minimum Gasteiger partial charge on any atom is -0.443 e. The molecule has 0 aliphatic heterocycles. The highest BCUT2D eigenvalue weighted by atomic mass is 16.6. The van der Waals surface area contributed by atoms with Crippen molar-refractivity contribution in [2.24, 2.45) is 5.41 Å². The molecule has 0 bridgehead atoms. The molecule has 7 heteroatoms. The fraction of sp³-hybridized carbons (Fsp3) is 0.458. The first-order valence-electron chi connectivity index (χ1n) is 10.7. The van der Waals surface area contributed by atoms with Crippen molar-refractivity contribution in [1.82, 2.24) is 15.0 Å². The lowest BCUT2D eigenvalue weighted by Crippen LogP contribution is -2.32. The quantitative estimate of drug-likeness (QED) is 0.625. The van der Waals surface area contributed by atoms with Gasteiger partial charge in [0, 0.05) is 22.6 Å². The number of amides is 1. The summed E-state index contributed by atoms with van der Waals surface area (Å²) in [6.45, 7) is 7.77. The van der Waals surface area contributed by atoms with Gasteiger partial charge in [0.2, 0.25) is 5.91 Å². The number of rotatable bonds is 6. The van der Waals surface area contributed by atoms with Crippen molar-refractivity contribution >= 4 is 22.9 Å². The Kier molecular flexibility index (Phi) is 5.37. The topological polar surface area (TPSA) is 86.4 Å². The molecule has 3 aromatic rings. The van der Waals surface area contributed by atoms with Crippen LogP contribution in [0.4, 0.5) is 4.79 Å². The lowest BCUT2D eigenvalue weighted by molar-refractivity contribution is -0.125. The highest BCUT2D eigenvalue weighted by Gasteiger charge is 2.44. The van der Waals surface area contributed by atoms with Gasteiger partial charge in [-0.2, -0.15) is 0 Å². The second kappa shape index (κ2) is 7.87. The summed E-state index contributed by atoms with van der Waals surface area (Å²) in [7, 11) is 0. The van der Waals surface area contributed by atoms with E-state index in [4.69, 9.17) is 9.26 Å². The number of hydrogen-bond acceptors (Lipinski definition) is 5. The number of aromatic nitrogens is 2. The van der Waals surface area contributed by atoms with Crippen molar-refractivity contribution in [1.29, 1.82) is 0 Å². The van der Waals surface area contributed by atoms with Crippen LogP contribution in [0, 0.1) is 5.41 Å². The molecule has 4 rings (SSSR count). The number of nitrogens with zero attached hydrogens (tertiary/aromatic N) is 2. The van der Waals surface area contributed by atoms with Gasteiger partial charge in [0.25, 0.3) is 0 Å². The minimum absolute atomic E-state index is 0.0294. The standard InChI is InChI=1S/C24H29N3O4/c1-23(2,3)31-22(29)27-19(15-25-21(28)24(4)10-11-24)14-17-7-5-16(13-20(17)27)6-8-18-9-12-30-26-18/h5,7,9,12-14H,6,8,10-11,15H2,1-4H3,(H,25,28). The zero-order valence-corrected chi connectivity index (χ0v) is 18.5. The Morgan fingerprint density at radius 2 is 1.97 bits per heavy atom. The number of aryl methyl sites for hydroxylation is 2. The van der Waals surface area contributed by atoms with E-state index in [0.29, 0.717) is 5.69 Å². The summed E-state index contributed by atoms with van der Waals surface area (Å²) >= 11 is 0. The fourth-order valence-electron chi connectivity index (χ4n) is 3.55. The molecule has 1 aliphatic rings. The number of benzene rings is 1. The number of nitrogens with one attached hydrogen (secondary N) is 1.